The average Bonchev–Trinajstić information content (AvgIpc) is 2.96. The molecule has 3 rings (SSSR count). The van der Waals surface area contributed by atoms with Crippen molar-refractivity contribution in [1.82, 2.24) is 15.5 Å². The molecule has 0 spiro atoms. The van der Waals surface area contributed by atoms with Gasteiger partial charge in [-0.2, -0.15) is 4.98 Å². The molecular weight excluding hydrogens is 242 g/mol. The van der Waals surface area contributed by atoms with Crippen LogP contribution in [-0.2, 0) is 12.8 Å². The monoisotopic (exact) mass is 259 g/mol. The number of phenolic OH excluding ortho intramolecular Hbond substituents is 1. The Balaban J connectivity index is 1.58. The molecule has 0 radical (unpaired) electrons. The highest BCUT2D eigenvalue weighted by molar-refractivity contribution is 5.39. The fourth-order valence-corrected chi connectivity index (χ4v) is 2.62. The summed E-state index contributed by atoms with van der Waals surface area (Å²) in [5.74, 6) is 1.70. The molecule has 2 aromatic rings. The van der Waals surface area contributed by atoms with Crippen LogP contribution in [0.2, 0.25) is 0 Å². The molecule has 1 atom stereocenters. The number of rotatable bonds is 4. The van der Waals surface area contributed by atoms with E-state index in [1.54, 1.807) is 13.0 Å². The van der Waals surface area contributed by atoms with Crippen molar-refractivity contribution in [3.8, 4) is 5.75 Å². The Morgan fingerprint density at radius 2 is 2.37 bits per heavy atom. The molecule has 0 fully saturated rings. The molecule has 100 valence electrons. The second-order valence-electron chi connectivity index (χ2n) is 4.91. The van der Waals surface area contributed by atoms with Crippen LogP contribution in [0.25, 0.3) is 0 Å². The third-order valence-electron chi connectivity index (χ3n) is 3.51. The number of benzene rings is 1. The molecule has 1 aromatic heterocycles. The molecule has 0 bridgehead atoms. The summed E-state index contributed by atoms with van der Waals surface area (Å²) in [4.78, 5) is 4.18. The first-order valence-electron chi connectivity index (χ1n) is 6.57. The summed E-state index contributed by atoms with van der Waals surface area (Å²) in [7, 11) is 0. The normalized spacial score (nSPS) is 17.6. The highest BCUT2D eigenvalue weighted by Crippen LogP contribution is 2.33. The maximum Gasteiger partial charge on any atom is 0.223 e. The number of phenols is 1. The van der Waals surface area contributed by atoms with Crippen LogP contribution < -0.4 is 5.32 Å². The van der Waals surface area contributed by atoms with Gasteiger partial charge in [0.2, 0.25) is 5.89 Å². The van der Waals surface area contributed by atoms with Crippen molar-refractivity contribution in [1.29, 1.82) is 0 Å². The molecule has 0 saturated heterocycles. The minimum atomic E-state index is 0.349. The van der Waals surface area contributed by atoms with Gasteiger partial charge in [0.15, 0.2) is 5.82 Å². The lowest BCUT2D eigenvalue weighted by Gasteiger charge is -2.13. The number of hydrogen-bond acceptors (Lipinski definition) is 5. The minimum Gasteiger partial charge on any atom is -0.508 e. The van der Waals surface area contributed by atoms with Gasteiger partial charge < -0.3 is 14.9 Å². The van der Waals surface area contributed by atoms with Gasteiger partial charge in [-0.15, -0.1) is 0 Å². The Kier molecular flexibility index (Phi) is 3.21. The van der Waals surface area contributed by atoms with Gasteiger partial charge in [0.1, 0.15) is 5.75 Å². The number of nitrogens with zero attached hydrogens (tertiary/aromatic N) is 2. The Hall–Kier alpha value is -1.88. The fourth-order valence-electron chi connectivity index (χ4n) is 2.62. The van der Waals surface area contributed by atoms with E-state index in [0.29, 0.717) is 17.7 Å². The van der Waals surface area contributed by atoms with Gasteiger partial charge in [-0.3, -0.25) is 0 Å². The van der Waals surface area contributed by atoms with Crippen LogP contribution in [0.1, 0.15) is 35.3 Å². The first-order valence-corrected chi connectivity index (χ1v) is 6.57. The molecule has 2 N–H and O–H groups in total. The van der Waals surface area contributed by atoms with E-state index in [1.807, 2.05) is 12.1 Å². The highest BCUT2D eigenvalue weighted by Gasteiger charge is 2.22. The summed E-state index contributed by atoms with van der Waals surface area (Å²) in [5, 5.41) is 16.9. The second-order valence-corrected chi connectivity index (χ2v) is 4.91. The van der Waals surface area contributed by atoms with E-state index in [4.69, 9.17) is 4.52 Å². The number of aromatic nitrogens is 2. The van der Waals surface area contributed by atoms with Crippen molar-refractivity contribution in [2.75, 3.05) is 6.54 Å². The lowest BCUT2D eigenvalue weighted by Crippen LogP contribution is -2.22. The first kappa shape index (κ1) is 12.2. The van der Waals surface area contributed by atoms with E-state index in [1.165, 1.54) is 11.1 Å². The molecule has 1 unspecified atom stereocenters. The van der Waals surface area contributed by atoms with Gasteiger partial charge >= 0.3 is 0 Å². The van der Waals surface area contributed by atoms with Crippen molar-refractivity contribution in [3.63, 3.8) is 0 Å². The first-order chi connectivity index (χ1) is 9.22. The fraction of sp³-hybridized carbons (Fsp3) is 0.429. The third kappa shape index (κ3) is 2.61. The van der Waals surface area contributed by atoms with E-state index in [-0.39, 0.29) is 0 Å². The maximum absolute atomic E-state index is 9.46. The van der Waals surface area contributed by atoms with Crippen molar-refractivity contribution in [2.24, 2.45) is 0 Å². The standard InChI is InChI=1S/C14H17N3O2/c1-9-16-14(17-19-9)6-7-15-13-5-2-10-8-11(18)3-4-12(10)13/h3-4,8,13,15,18H,2,5-7H2,1H3. The molecule has 1 heterocycles. The van der Waals surface area contributed by atoms with E-state index in [2.05, 4.69) is 15.5 Å². The zero-order chi connectivity index (χ0) is 13.2. The summed E-state index contributed by atoms with van der Waals surface area (Å²) < 4.78 is 4.94. The molecule has 1 aromatic carbocycles. The van der Waals surface area contributed by atoms with Crippen LogP contribution in [0.3, 0.4) is 0 Å². The molecular formula is C14H17N3O2. The molecule has 1 aliphatic carbocycles. The summed E-state index contributed by atoms with van der Waals surface area (Å²) in [6, 6.07) is 5.98. The Labute approximate surface area is 111 Å². The third-order valence-corrected chi connectivity index (χ3v) is 3.51. The van der Waals surface area contributed by atoms with Crippen LogP contribution in [0, 0.1) is 6.92 Å². The molecule has 5 nitrogen and oxygen atoms in total. The summed E-state index contributed by atoms with van der Waals surface area (Å²) in [5.41, 5.74) is 2.54. The van der Waals surface area contributed by atoms with Crippen molar-refractivity contribution >= 4 is 0 Å². The number of aromatic hydroxyl groups is 1. The van der Waals surface area contributed by atoms with Gasteiger partial charge in [-0.1, -0.05) is 11.2 Å². The van der Waals surface area contributed by atoms with E-state index < -0.39 is 0 Å². The lowest BCUT2D eigenvalue weighted by atomic mass is 10.1. The maximum atomic E-state index is 9.46. The largest absolute Gasteiger partial charge is 0.508 e. The van der Waals surface area contributed by atoms with Gasteiger partial charge in [-0.05, 0) is 36.1 Å². The molecule has 19 heavy (non-hydrogen) atoms. The molecule has 0 saturated carbocycles. The van der Waals surface area contributed by atoms with Gasteiger partial charge in [0.05, 0.1) is 0 Å². The van der Waals surface area contributed by atoms with Crippen LogP contribution in [0.4, 0.5) is 0 Å². The highest BCUT2D eigenvalue weighted by atomic mass is 16.5. The Morgan fingerprint density at radius 3 is 3.16 bits per heavy atom. The molecule has 5 heteroatoms. The van der Waals surface area contributed by atoms with E-state index in [0.717, 1.165) is 31.6 Å². The second kappa shape index (κ2) is 5.01. The van der Waals surface area contributed by atoms with Crippen LogP contribution in [0.15, 0.2) is 22.7 Å². The van der Waals surface area contributed by atoms with Crippen LogP contribution in [0.5, 0.6) is 5.75 Å². The quantitative estimate of drug-likeness (QED) is 0.877. The lowest BCUT2D eigenvalue weighted by molar-refractivity contribution is 0.386. The minimum absolute atomic E-state index is 0.349. The predicted molar refractivity (Wildman–Crippen MR) is 69.9 cm³/mol. The SMILES string of the molecule is Cc1nc(CCNC2CCc3cc(O)ccc32)no1. The molecule has 1 aliphatic rings. The number of aryl methyl sites for hydroxylation is 2. The van der Waals surface area contributed by atoms with Crippen molar-refractivity contribution in [3.05, 3.63) is 41.0 Å². The number of fused-ring (bicyclic) bond motifs is 1. The summed E-state index contributed by atoms with van der Waals surface area (Å²) >= 11 is 0. The number of hydrogen-bond donors (Lipinski definition) is 2. The van der Waals surface area contributed by atoms with Gasteiger partial charge in [0.25, 0.3) is 0 Å². The zero-order valence-corrected chi connectivity index (χ0v) is 10.9. The molecule has 0 aliphatic heterocycles. The van der Waals surface area contributed by atoms with Crippen LogP contribution in [-0.4, -0.2) is 21.8 Å². The average molecular weight is 259 g/mol. The van der Waals surface area contributed by atoms with Crippen molar-refractivity contribution < 1.29 is 9.63 Å². The molecule has 0 amide bonds. The summed E-state index contributed by atoms with van der Waals surface area (Å²) in [6.07, 6.45) is 2.86. The van der Waals surface area contributed by atoms with Crippen LogP contribution >= 0.6 is 0 Å². The predicted octanol–water partition coefficient (Wildman–Crippen LogP) is 1.90. The zero-order valence-electron chi connectivity index (χ0n) is 10.9. The van der Waals surface area contributed by atoms with Gasteiger partial charge in [0, 0.05) is 25.9 Å². The van der Waals surface area contributed by atoms with Gasteiger partial charge in [-0.25, -0.2) is 0 Å². The van der Waals surface area contributed by atoms with E-state index >= 15 is 0 Å². The van der Waals surface area contributed by atoms with Crippen molar-refractivity contribution in [2.45, 2.75) is 32.2 Å². The Bertz CT molecular complexity index is 580. The number of nitrogens with one attached hydrogen (secondary N) is 1. The summed E-state index contributed by atoms with van der Waals surface area (Å²) in [6.45, 7) is 2.62. The smallest absolute Gasteiger partial charge is 0.223 e. The Morgan fingerprint density at radius 1 is 1.47 bits per heavy atom. The topological polar surface area (TPSA) is 71.2 Å². The van der Waals surface area contributed by atoms with E-state index in [9.17, 15) is 5.11 Å².